The van der Waals surface area contributed by atoms with E-state index in [1.807, 2.05) is 36.0 Å². The van der Waals surface area contributed by atoms with Gasteiger partial charge in [0.25, 0.3) is 0 Å². The summed E-state index contributed by atoms with van der Waals surface area (Å²) in [5.41, 5.74) is 2.12. The van der Waals surface area contributed by atoms with Crippen LogP contribution >= 0.6 is 11.8 Å². The van der Waals surface area contributed by atoms with Crippen LogP contribution in [-0.2, 0) is 16.0 Å². The summed E-state index contributed by atoms with van der Waals surface area (Å²) in [6, 6.07) is 7.97. The van der Waals surface area contributed by atoms with Gasteiger partial charge in [0, 0.05) is 25.2 Å². The number of anilines is 1. The molecule has 0 bridgehead atoms. The van der Waals surface area contributed by atoms with E-state index in [0.29, 0.717) is 13.0 Å². The summed E-state index contributed by atoms with van der Waals surface area (Å²) in [4.78, 5) is 26.4. The Hall–Kier alpha value is -1.49. The van der Waals surface area contributed by atoms with E-state index in [0.717, 1.165) is 36.6 Å². The van der Waals surface area contributed by atoms with E-state index >= 15 is 0 Å². The van der Waals surface area contributed by atoms with Crippen molar-refractivity contribution in [3.8, 4) is 0 Å². The summed E-state index contributed by atoms with van der Waals surface area (Å²) in [6.07, 6.45) is 2.27. The highest BCUT2D eigenvalue weighted by Gasteiger charge is 2.35. The molecule has 2 aliphatic rings. The molecule has 0 aliphatic carbocycles. The van der Waals surface area contributed by atoms with Gasteiger partial charge in [-0.2, -0.15) is 11.8 Å². The predicted molar refractivity (Wildman–Crippen MR) is 94.7 cm³/mol. The number of rotatable bonds is 6. The van der Waals surface area contributed by atoms with Crippen molar-refractivity contribution in [2.75, 3.05) is 29.5 Å². The van der Waals surface area contributed by atoms with Gasteiger partial charge in [0.15, 0.2) is 0 Å². The zero-order chi connectivity index (χ0) is 16.2. The monoisotopic (exact) mass is 332 g/mol. The average molecular weight is 332 g/mol. The molecule has 1 aromatic carbocycles. The second-order valence-corrected chi connectivity index (χ2v) is 7.45. The first kappa shape index (κ1) is 16.4. The van der Waals surface area contributed by atoms with E-state index in [9.17, 15) is 9.59 Å². The van der Waals surface area contributed by atoms with Crippen molar-refractivity contribution in [2.45, 2.75) is 26.2 Å². The van der Waals surface area contributed by atoms with E-state index in [-0.39, 0.29) is 17.7 Å². The van der Waals surface area contributed by atoms with Crippen LogP contribution in [-0.4, -0.2) is 36.4 Å². The number of carbonyl (C=O) groups is 2. The molecule has 0 radical (unpaired) electrons. The van der Waals surface area contributed by atoms with Crippen LogP contribution < -0.4 is 10.2 Å². The van der Waals surface area contributed by atoms with Crippen LogP contribution in [0.25, 0.3) is 0 Å². The van der Waals surface area contributed by atoms with Gasteiger partial charge in [-0.15, -0.1) is 0 Å². The van der Waals surface area contributed by atoms with Gasteiger partial charge in [-0.1, -0.05) is 25.1 Å². The summed E-state index contributed by atoms with van der Waals surface area (Å²) < 4.78 is 0. The molecule has 0 aromatic heterocycles. The molecule has 124 valence electrons. The van der Waals surface area contributed by atoms with E-state index in [1.54, 1.807) is 4.90 Å². The Morgan fingerprint density at radius 2 is 2.13 bits per heavy atom. The highest BCUT2D eigenvalue weighted by atomic mass is 32.2. The molecule has 5 heteroatoms. The fraction of sp³-hybridized carbons (Fsp3) is 0.556. The molecule has 2 amide bonds. The van der Waals surface area contributed by atoms with Gasteiger partial charge in [0.05, 0.1) is 5.92 Å². The molecule has 2 fully saturated rings. The van der Waals surface area contributed by atoms with Crippen LogP contribution in [0.4, 0.5) is 5.69 Å². The van der Waals surface area contributed by atoms with Crippen molar-refractivity contribution in [2.24, 2.45) is 11.8 Å². The van der Waals surface area contributed by atoms with E-state index in [4.69, 9.17) is 0 Å². The molecule has 0 saturated carbocycles. The Morgan fingerprint density at radius 1 is 1.35 bits per heavy atom. The Kier molecular flexibility index (Phi) is 5.26. The van der Waals surface area contributed by atoms with Crippen LogP contribution in [0.3, 0.4) is 0 Å². The fourth-order valence-electron chi connectivity index (χ4n) is 3.18. The third-order valence-electron chi connectivity index (χ3n) is 4.72. The van der Waals surface area contributed by atoms with E-state index < -0.39 is 0 Å². The lowest BCUT2D eigenvalue weighted by Gasteiger charge is -2.25. The van der Waals surface area contributed by atoms with Crippen LogP contribution in [0.5, 0.6) is 0 Å². The number of nitrogens with one attached hydrogen (secondary N) is 1. The summed E-state index contributed by atoms with van der Waals surface area (Å²) in [6.45, 7) is 3.32. The van der Waals surface area contributed by atoms with Crippen LogP contribution in [0, 0.1) is 11.8 Å². The van der Waals surface area contributed by atoms with Crippen molar-refractivity contribution in [1.29, 1.82) is 0 Å². The Balaban J connectivity index is 1.57. The molecule has 4 nitrogen and oxygen atoms in total. The number of hydrogen-bond acceptors (Lipinski definition) is 3. The first-order valence-corrected chi connectivity index (χ1v) is 9.58. The standard InChI is InChI=1S/C18H24N2O2S/c1-2-14-5-3-4-6-16(14)20-10-15(9-17(20)21)18(22)19-8-7-13-11-23-12-13/h3-6,13,15H,2,7-12H2,1H3,(H,19,22)/t15-/m1/s1. The van der Waals surface area contributed by atoms with Gasteiger partial charge in [0.1, 0.15) is 0 Å². The average Bonchev–Trinajstić information content (AvgIpc) is 2.91. The zero-order valence-corrected chi connectivity index (χ0v) is 14.4. The van der Waals surface area contributed by atoms with Crippen molar-refractivity contribution in [1.82, 2.24) is 5.32 Å². The molecule has 1 atom stereocenters. The lowest BCUT2D eigenvalue weighted by molar-refractivity contribution is -0.126. The Bertz CT molecular complexity index is 586. The molecule has 0 spiro atoms. The highest BCUT2D eigenvalue weighted by molar-refractivity contribution is 8.00. The molecule has 2 saturated heterocycles. The molecule has 3 rings (SSSR count). The number of para-hydroxylation sites is 1. The quantitative estimate of drug-likeness (QED) is 0.871. The first-order chi connectivity index (χ1) is 11.2. The summed E-state index contributed by atoms with van der Waals surface area (Å²) in [5.74, 6) is 3.07. The smallest absolute Gasteiger partial charge is 0.227 e. The lowest BCUT2D eigenvalue weighted by atomic mass is 10.1. The molecular formula is C18H24N2O2S. The Labute approximate surface area is 142 Å². The molecule has 2 aliphatic heterocycles. The molecule has 23 heavy (non-hydrogen) atoms. The molecular weight excluding hydrogens is 308 g/mol. The highest BCUT2D eigenvalue weighted by Crippen LogP contribution is 2.29. The lowest BCUT2D eigenvalue weighted by Crippen LogP contribution is -2.35. The fourth-order valence-corrected chi connectivity index (χ4v) is 4.09. The van der Waals surface area contributed by atoms with Gasteiger partial charge in [0.2, 0.25) is 11.8 Å². The number of amides is 2. The third kappa shape index (κ3) is 3.71. The second kappa shape index (κ2) is 7.39. The maximum atomic E-state index is 12.3. The van der Waals surface area contributed by atoms with Gasteiger partial charge >= 0.3 is 0 Å². The number of thioether (sulfide) groups is 1. The summed E-state index contributed by atoms with van der Waals surface area (Å²) in [7, 11) is 0. The largest absolute Gasteiger partial charge is 0.356 e. The SMILES string of the molecule is CCc1ccccc1N1C[C@H](C(=O)NCCC2CSC2)CC1=O. The van der Waals surface area contributed by atoms with Crippen LogP contribution in [0.1, 0.15) is 25.3 Å². The van der Waals surface area contributed by atoms with Crippen molar-refractivity contribution >= 4 is 29.3 Å². The van der Waals surface area contributed by atoms with E-state index in [1.165, 1.54) is 11.5 Å². The maximum absolute atomic E-state index is 12.3. The van der Waals surface area contributed by atoms with Crippen LogP contribution in [0.15, 0.2) is 24.3 Å². The number of carbonyl (C=O) groups excluding carboxylic acids is 2. The minimum atomic E-state index is -0.219. The van der Waals surface area contributed by atoms with Gasteiger partial charge in [-0.25, -0.2) is 0 Å². The van der Waals surface area contributed by atoms with E-state index in [2.05, 4.69) is 12.2 Å². The van der Waals surface area contributed by atoms with Gasteiger partial charge in [-0.05, 0) is 41.9 Å². The number of nitrogens with zero attached hydrogens (tertiary/aromatic N) is 1. The second-order valence-electron chi connectivity index (χ2n) is 6.37. The van der Waals surface area contributed by atoms with Gasteiger partial charge < -0.3 is 10.2 Å². The maximum Gasteiger partial charge on any atom is 0.227 e. The molecule has 0 unspecified atom stereocenters. The molecule has 2 heterocycles. The number of hydrogen-bond donors (Lipinski definition) is 1. The topological polar surface area (TPSA) is 49.4 Å². The van der Waals surface area contributed by atoms with Gasteiger partial charge in [-0.3, -0.25) is 9.59 Å². The predicted octanol–water partition coefficient (Wildman–Crippen LogP) is 2.47. The third-order valence-corrected chi connectivity index (χ3v) is 6.13. The van der Waals surface area contributed by atoms with Crippen molar-refractivity contribution < 1.29 is 9.59 Å². The normalized spacial score (nSPS) is 21.3. The van der Waals surface area contributed by atoms with Crippen molar-refractivity contribution in [3.63, 3.8) is 0 Å². The van der Waals surface area contributed by atoms with Crippen molar-refractivity contribution in [3.05, 3.63) is 29.8 Å². The minimum absolute atomic E-state index is 0.0295. The Morgan fingerprint density at radius 3 is 2.83 bits per heavy atom. The molecule has 1 N–H and O–H groups in total. The molecule has 1 aromatic rings. The summed E-state index contributed by atoms with van der Waals surface area (Å²) >= 11 is 1.97. The zero-order valence-electron chi connectivity index (χ0n) is 13.6. The minimum Gasteiger partial charge on any atom is -0.356 e. The first-order valence-electron chi connectivity index (χ1n) is 8.42. The number of aryl methyl sites for hydroxylation is 1. The van der Waals surface area contributed by atoms with Crippen LogP contribution in [0.2, 0.25) is 0 Å². The summed E-state index contributed by atoms with van der Waals surface area (Å²) in [5, 5.41) is 3.02. The number of benzene rings is 1.